The summed E-state index contributed by atoms with van der Waals surface area (Å²) in [7, 11) is 0. The molecule has 0 unspecified atom stereocenters. The van der Waals surface area contributed by atoms with Crippen LogP contribution in [0, 0.1) is 6.92 Å². The number of hydrogen-bond acceptors (Lipinski definition) is 3. The molecular weight excluding hydrogens is 294 g/mol. The van der Waals surface area contributed by atoms with Crippen LogP contribution in [0.15, 0.2) is 47.6 Å². The lowest BCUT2D eigenvalue weighted by Crippen LogP contribution is -2.26. The number of nitrogen functional groups attached to an aromatic ring is 1. The molecule has 2 rings (SSSR count). The van der Waals surface area contributed by atoms with Crippen LogP contribution in [0.4, 0.5) is 11.4 Å². The predicted molar refractivity (Wildman–Crippen MR) is 96.9 cm³/mol. The second-order valence-corrected chi connectivity index (χ2v) is 6.13. The van der Waals surface area contributed by atoms with E-state index >= 15 is 0 Å². The van der Waals surface area contributed by atoms with Crippen molar-refractivity contribution in [3.63, 3.8) is 0 Å². The largest absolute Gasteiger partial charge is 0.398 e. The van der Waals surface area contributed by atoms with Crippen LogP contribution in [0.5, 0.6) is 0 Å². The molecule has 0 fully saturated rings. The van der Waals surface area contributed by atoms with E-state index in [1.54, 1.807) is 0 Å². The van der Waals surface area contributed by atoms with Crippen molar-refractivity contribution in [1.82, 2.24) is 0 Å². The Bertz CT molecular complexity index is 675. The van der Waals surface area contributed by atoms with Crippen molar-refractivity contribution in [1.29, 1.82) is 0 Å². The van der Waals surface area contributed by atoms with Crippen molar-refractivity contribution in [2.24, 2.45) is 5.10 Å². The number of aryl methyl sites for hydroxylation is 1. The van der Waals surface area contributed by atoms with Gasteiger partial charge in [0, 0.05) is 22.3 Å². The Morgan fingerprint density at radius 3 is 2.36 bits per heavy atom. The van der Waals surface area contributed by atoms with Gasteiger partial charge in [0.1, 0.15) is 0 Å². The summed E-state index contributed by atoms with van der Waals surface area (Å²) in [4.78, 5) is 0. The zero-order chi connectivity index (χ0) is 16.3. The third kappa shape index (κ3) is 3.80. The molecule has 0 saturated carbocycles. The molecule has 0 atom stereocenters. The van der Waals surface area contributed by atoms with Gasteiger partial charge >= 0.3 is 0 Å². The standard InChI is InChI=1S/C18H22ClN3/c1-12(2)22(16-8-6-15(19)7-9-16)21-14(4)17-11-13(3)5-10-18(17)20/h5-12H,20H2,1-4H3/b21-14+. The van der Waals surface area contributed by atoms with Crippen LogP contribution in [0.1, 0.15) is 31.9 Å². The minimum atomic E-state index is 0.224. The van der Waals surface area contributed by atoms with Crippen LogP contribution in [0.3, 0.4) is 0 Å². The monoisotopic (exact) mass is 315 g/mol. The maximum absolute atomic E-state index is 6.08. The molecular formula is C18H22ClN3. The summed E-state index contributed by atoms with van der Waals surface area (Å²) in [5.41, 5.74) is 10.9. The Hall–Kier alpha value is -2.00. The molecule has 0 aliphatic carbocycles. The molecule has 3 nitrogen and oxygen atoms in total. The molecule has 22 heavy (non-hydrogen) atoms. The molecule has 0 heterocycles. The summed E-state index contributed by atoms with van der Waals surface area (Å²) in [6.45, 7) is 8.24. The third-order valence-corrected chi connectivity index (χ3v) is 3.69. The van der Waals surface area contributed by atoms with Crippen molar-refractivity contribution in [3.05, 3.63) is 58.6 Å². The molecule has 0 bridgehead atoms. The van der Waals surface area contributed by atoms with E-state index in [2.05, 4.69) is 26.8 Å². The van der Waals surface area contributed by atoms with Crippen molar-refractivity contribution >= 4 is 28.7 Å². The molecule has 2 aromatic rings. The van der Waals surface area contributed by atoms with Gasteiger partial charge < -0.3 is 5.73 Å². The molecule has 2 aromatic carbocycles. The first-order valence-corrected chi connectivity index (χ1v) is 7.73. The van der Waals surface area contributed by atoms with E-state index in [-0.39, 0.29) is 6.04 Å². The fourth-order valence-electron chi connectivity index (χ4n) is 2.26. The Balaban J connectivity index is 2.41. The molecule has 0 aromatic heterocycles. The van der Waals surface area contributed by atoms with Crippen LogP contribution in [0.2, 0.25) is 5.02 Å². The highest BCUT2D eigenvalue weighted by atomic mass is 35.5. The van der Waals surface area contributed by atoms with E-state index < -0.39 is 0 Å². The third-order valence-electron chi connectivity index (χ3n) is 3.44. The highest BCUT2D eigenvalue weighted by Gasteiger charge is 2.12. The Morgan fingerprint density at radius 1 is 1.14 bits per heavy atom. The summed E-state index contributed by atoms with van der Waals surface area (Å²) < 4.78 is 0. The summed E-state index contributed by atoms with van der Waals surface area (Å²) in [5.74, 6) is 0. The van der Waals surface area contributed by atoms with Crippen molar-refractivity contribution in [3.8, 4) is 0 Å². The molecule has 0 aliphatic heterocycles. The predicted octanol–water partition coefficient (Wildman–Crippen LogP) is 4.87. The molecule has 2 N–H and O–H groups in total. The molecule has 0 spiro atoms. The second kappa shape index (κ2) is 6.84. The van der Waals surface area contributed by atoms with E-state index in [1.165, 1.54) is 5.56 Å². The highest BCUT2D eigenvalue weighted by molar-refractivity contribution is 6.30. The van der Waals surface area contributed by atoms with Gasteiger partial charge in [-0.05, 0) is 64.1 Å². The number of nitrogens with zero attached hydrogens (tertiary/aromatic N) is 2. The van der Waals surface area contributed by atoms with Gasteiger partial charge in [-0.3, -0.25) is 5.01 Å². The lowest BCUT2D eigenvalue weighted by Gasteiger charge is -2.24. The summed E-state index contributed by atoms with van der Waals surface area (Å²) in [6, 6.07) is 13.9. The van der Waals surface area contributed by atoms with Gasteiger partial charge in [-0.1, -0.05) is 23.2 Å². The van der Waals surface area contributed by atoms with Crippen LogP contribution in [-0.4, -0.2) is 11.8 Å². The fourth-order valence-corrected chi connectivity index (χ4v) is 2.39. The lowest BCUT2D eigenvalue weighted by molar-refractivity contribution is 0.713. The number of anilines is 2. The summed E-state index contributed by atoms with van der Waals surface area (Å²) in [5, 5.41) is 7.47. The Morgan fingerprint density at radius 2 is 1.77 bits per heavy atom. The summed E-state index contributed by atoms with van der Waals surface area (Å²) >= 11 is 5.96. The van der Waals surface area contributed by atoms with E-state index in [9.17, 15) is 0 Å². The normalized spacial score (nSPS) is 11.8. The van der Waals surface area contributed by atoms with E-state index in [4.69, 9.17) is 22.4 Å². The first-order valence-electron chi connectivity index (χ1n) is 7.35. The van der Waals surface area contributed by atoms with Gasteiger partial charge in [0.05, 0.1) is 11.4 Å². The molecule has 0 saturated heterocycles. The zero-order valence-corrected chi connectivity index (χ0v) is 14.2. The van der Waals surface area contributed by atoms with Crippen LogP contribution < -0.4 is 10.7 Å². The zero-order valence-electron chi connectivity index (χ0n) is 13.5. The second-order valence-electron chi connectivity index (χ2n) is 5.69. The number of hydrogen-bond donors (Lipinski definition) is 1. The van der Waals surface area contributed by atoms with Crippen LogP contribution in [-0.2, 0) is 0 Å². The summed E-state index contributed by atoms with van der Waals surface area (Å²) in [6.07, 6.45) is 0. The maximum atomic E-state index is 6.08. The van der Waals surface area contributed by atoms with Crippen molar-refractivity contribution in [2.45, 2.75) is 33.7 Å². The van der Waals surface area contributed by atoms with Crippen LogP contribution >= 0.6 is 11.6 Å². The highest BCUT2D eigenvalue weighted by Crippen LogP contribution is 2.22. The van der Waals surface area contributed by atoms with Gasteiger partial charge in [0.15, 0.2) is 0 Å². The first-order chi connectivity index (χ1) is 10.4. The van der Waals surface area contributed by atoms with Gasteiger partial charge in [-0.15, -0.1) is 0 Å². The molecule has 116 valence electrons. The van der Waals surface area contributed by atoms with E-state index in [0.29, 0.717) is 0 Å². The smallest absolute Gasteiger partial charge is 0.0671 e. The SMILES string of the molecule is C/C(=N\N(c1ccc(Cl)cc1)C(C)C)c1cc(C)ccc1N. The van der Waals surface area contributed by atoms with Crippen molar-refractivity contribution in [2.75, 3.05) is 10.7 Å². The van der Waals surface area contributed by atoms with Gasteiger partial charge in [0.25, 0.3) is 0 Å². The number of rotatable bonds is 4. The number of nitrogens with two attached hydrogens (primary N) is 1. The quantitative estimate of drug-likeness (QED) is 0.497. The maximum Gasteiger partial charge on any atom is 0.0671 e. The minimum Gasteiger partial charge on any atom is -0.398 e. The number of hydrazone groups is 1. The molecule has 0 aliphatic rings. The van der Waals surface area contributed by atoms with Gasteiger partial charge in [-0.2, -0.15) is 5.10 Å². The average Bonchev–Trinajstić information content (AvgIpc) is 2.48. The molecule has 4 heteroatoms. The first kappa shape index (κ1) is 16.4. The van der Waals surface area contributed by atoms with E-state index in [1.807, 2.05) is 48.3 Å². The van der Waals surface area contributed by atoms with E-state index in [0.717, 1.165) is 27.7 Å². The molecule has 0 radical (unpaired) electrons. The fraction of sp³-hybridized carbons (Fsp3) is 0.278. The minimum absolute atomic E-state index is 0.224. The van der Waals surface area contributed by atoms with Crippen molar-refractivity contribution < 1.29 is 0 Å². The average molecular weight is 316 g/mol. The van der Waals surface area contributed by atoms with Gasteiger partial charge in [0.2, 0.25) is 0 Å². The lowest BCUT2D eigenvalue weighted by atomic mass is 10.1. The number of halogens is 1. The van der Waals surface area contributed by atoms with Crippen LogP contribution in [0.25, 0.3) is 0 Å². The Kier molecular flexibility index (Phi) is 5.09. The number of benzene rings is 2. The molecule has 0 amide bonds. The Labute approximate surface area is 137 Å². The van der Waals surface area contributed by atoms with Gasteiger partial charge in [-0.25, -0.2) is 0 Å². The topological polar surface area (TPSA) is 41.6 Å².